The molecule has 1 aliphatic rings. The second-order valence-corrected chi connectivity index (χ2v) is 4.76. The van der Waals surface area contributed by atoms with Gasteiger partial charge < -0.3 is 14.8 Å². The highest BCUT2D eigenvalue weighted by atomic mass is 16.5. The molecule has 0 aliphatic carbocycles. The second-order valence-electron chi connectivity index (χ2n) is 4.76. The highest BCUT2D eigenvalue weighted by molar-refractivity contribution is 5.44. The molecular formula is C15H23NO2. The van der Waals surface area contributed by atoms with Crippen molar-refractivity contribution in [3.63, 3.8) is 0 Å². The summed E-state index contributed by atoms with van der Waals surface area (Å²) in [4.78, 5) is 0. The first-order valence-electron chi connectivity index (χ1n) is 6.78. The van der Waals surface area contributed by atoms with Crippen LogP contribution >= 0.6 is 0 Å². The predicted molar refractivity (Wildman–Crippen MR) is 73.1 cm³/mol. The van der Waals surface area contributed by atoms with Crippen molar-refractivity contribution < 1.29 is 9.47 Å². The Bertz CT molecular complexity index is 392. The highest BCUT2D eigenvalue weighted by Gasteiger charge is 2.24. The number of aryl methyl sites for hydroxylation is 1. The number of fused-ring (bicyclic) bond motifs is 1. The molecule has 0 saturated carbocycles. The standard InChI is InChI=1S/C15H23NO2/c1-4-16-14(11(2)17-3)13-9-5-7-12-8-6-10-18-15(12)13/h5,7,9,11,14,16H,4,6,8,10H2,1-3H3. The first kappa shape index (κ1) is 13.4. The summed E-state index contributed by atoms with van der Waals surface area (Å²) in [5.41, 5.74) is 2.55. The molecule has 0 bridgehead atoms. The van der Waals surface area contributed by atoms with Gasteiger partial charge >= 0.3 is 0 Å². The molecule has 100 valence electrons. The fourth-order valence-corrected chi connectivity index (χ4v) is 2.54. The van der Waals surface area contributed by atoms with Crippen molar-refractivity contribution in [2.24, 2.45) is 0 Å². The lowest BCUT2D eigenvalue weighted by atomic mass is 9.95. The zero-order valence-electron chi connectivity index (χ0n) is 11.5. The Hall–Kier alpha value is -1.06. The van der Waals surface area contributed by atoms with Crippen molar-refractivity contribution in [1.82, 2.24) is 5.32 Å². The van der Waals surface area contributed by atoms with E-state index in [9.17, 15) is 0 Å². The first-order valence-corrected chi connectivity index (χ1v) is 6.78. The molecular weight excluding hydrogens is 226 g/mol. The second kappa shape index (κ2) is 6.21. The third-order valence-corrected chi connectivity index (χ3v) is 3.56. The lowest BCUT2D eigenvalue weighted by Crippen LogP contribution is -2.32. The molecule has 3 heteroatoms. The monoisotopic (exact) mass is 249 g/mol. The van der Waals surface area contributed by atoms with Gasteiger partial charge in [0.25, 0.3) is 0 Å². The Kier molecular flexibility index (Phi) is 4.61. The molecule has 18 heavy (non-hydrogen) atoms. The molecule has 1 heterocycles. The van der Waals surface area contributed by atoms with Gasteiger partial charge in [-0.1, -0.05) is 25.1 Å². The number of methoxy groups -OCH3 is 1. The fraction of sp³-hybridized carbons (Fsp3) is 0.600. The Morgan fingerprint density at radius 1 is 1.44 bits per heavy atom. The van der Waals surface area contributed by atoms with E-state index >= 15 is 0 Å². The van der Waals surface area contributed by atoms with Crippen LogP contribution in [0.3, 0.4) is 0 Å². The molecule has 1 aliphatic heterocycles. The number of hydrogen-bond acceptors (Lipinski definition) is 3. The number of hydrogen-bond donors (Lipinski definition) is 1. The average Bonchev–Trinajstić information content (AvgIpc) is 2.43. The van der Waals surface area contributed by atoms with Crippen LogP contribution in [-0.2, 0) is 11.2 Å². The van der Waals surface area contributed by atoms with Gasteiger partial charge in [0.05, 0.1) is 18.8 Å². The zero-order valence-corrected chi connectivity index (χ0v) is 11.5. The maximum absolute atomic E-state index is 5.88. The molecule has 2 rings (SSSR count). The van der Waals surface area contributed by atoms with E-state index in [2.05, 4.69) is 37.4 Å². The Labute approximate surface area is 109 Å². The molecule has 0 radical (unpaired) electrons. The fourth-order valence-electron chi connectivity index (χ4n) is 2.54. The zero-order chi connectivity index (χ0) is 13.0. The van der Waals surface area contributed by atoms with Crippen LogP contribution < -0.4 is 10.1 Å². The third kappa shape index (κ3) is 2.68. The van der Waals surface area contributed by atoms with Crippen molar-refractivity contribution >= 4 is 0 Å². The van der Waals surface area contributed by atoms with Gasteiger partial charge in [-0.15, -0.1) is 0 Å². The van der Waals surface area contributed by atoms with Crippen LogP contribution in [0.25, 0.3) is 0 Å². The van der Waals surface area contributed by atoms with E-state index in [4.69, 9.17) is 9.47 Å². The van der Waals surface area contributed by atoms with Crippen LogP contribution in [0.5, 0.6) is 5.75 Å². The summed E-state index contributed by atoms with van der Waals surface area (Å²) in [5, 5.41) is 3.49. The maximum atomic E-state index is 5.88. The number of rotatable bonds is 5. The van der Waals surface area contributed by atoms with Crippen LogP contribution in [-0.4, -0.2) is 26.4 Å². The van der Waals surface area contributed by atoms with Gasteiger partial charge in [-0.3, -0.25) is 0 Å². The summed E-state index contributed by atoms with van der Waals surface area (Å²) in [6.45, 7) is 5.95. The molecule has 2 atom stereocenters. The highest BCUT2D eigenvalue weighted by Crippen LogP contribution is 2.34. The number of nitrogens with one attached hydrogen (secondary N) is 1. The molecule has 1 N–H and O–H groups in total. The normalized spacial score (nSPS) is 17.7. The number of likely N-dealkylation sites (N-methyl/N-ethyl adjacent to an activating group) is 1. The molecule has 0 amide bonds. The predicted octanol–water partition coefficient (Wildman–Crippen LogP) is 2.70. The van der Waals surface area contributed by atoms with Gasteiger partial charge in [0, 0.05) is 12.7 Å². The molecule has 0 fully saturated rings. The summed E-state index contributed by atoms with van der Waals surface area (Å²) in [6, 6.07) is 6.62. The minimum Gasteiger partial charge on any atom is -0.493 e. The van der Waals surface area contributed by atoms with Crippen molar-refractivity contribution in [2.45, 2.75) is 38.8 Å². The third-order valence-electron chi connectivity index (χ3n) is 3.56. The first-order chi connectivity index (χ1) is 8.77. The van der Waals surface area contributed by atoms with E-state index in [-0.39, 0.29) is 12.1 Å². The molecule has 2 unspecified atom stereocenters. The summed E-state index contributed by atoms with van der Waals surface area (Å²) in [6.07, 6.45) is 2.35. The Morgan fingerprint density at radius 2 is 2.28 bits per heavy atom. The van der Waals surface area contributed by atoms with Crippen LogP contribution in [0, 0.1) is 0 Å². The van der Waals surface area contributed by atoms with E-state index in [0.29, 0.717) is 0 Å². The van der Waals surface area contributed by atoms with Gasteiger partial charge in [-0.2, -0.15) is 0 Å². The lowest BCUT2D eigenvalue weighted by Gasteiger charge is -2.28. The Morgan fingerprint density at radius 3 is 3.00 bits per heavy atom. The molecule has 0 saturated heterocycles. The van der Waals surface area contributed by atoms with Crippen LogP contribution in [0.15, 0.2) is 18.2 Å². The Balaban J connectivity index is 2.34. The average molecular weight is 249 g/mol. The minimum atomic E-state index is 0.127. The molecule has 1 aromatic rings. The minimum absolute atomic E-state index is 0.127. The van der Waals surface area contributed by atoms with Gasteiger partial charge in [-0.25, -0.2) is 0 Å². The van der Waals surface area contributed by atoms with Crippen molar-refractivity contribution in [3.05, 3.63) is 29.3 Å². The van der Waals surface area contributed by atoms with Gasteiger partial charge in [0.1, 0.15) is 5.75 Å². The number of benzene rings is 1. The largest absolute Gasteiger partial charge is 0.493 e. The SMILES string of the molecule is CCNC(c1cccc2c1OCCC2)C(C)OC. The summed E-state index contributed by atoms with van der Waals surface area (Å²) in [7, 11) is 1.76. The summed E-state index contributed by atoms with van der Waals surface area (Å²) < 4.78 is 11.4. The smallest absolute Gasteiger partial charge is 0.127 e. The number of para-hydroxylation sites is 1. The van der Waals surface area contributed by atoms with E-state index in [1.165, 1.54) is 11.1 Å². The van der Waals surface area contributed by atoms with E-state index in [0.717, 1.165) is 31.7 Å². The van der Waals surface area contributed by atoms with Gasteiger partial charge in [-0.05, 0) is 31.9 Å². The summed E-state index contributed by atoms with van der Waals surface area (Å²) in [5.74, 6) is 1.07. The molecule has 0 aromatic heterocycles. The quantitative estimate of drug-likeness (QED) is 0.870. The molecule has 3 nitrogen and oxygen atoms in total. The summed E-state index contributed by atoms with van der Waals surface area (Å²) >= 11 is 0. The lowest BCUT2D eigenvalue weighted by molar-refractivity contribution is 0.0821. The van der Waals surface area contributed by atoms with Crippen molar-refractivity contribution in [3.8, 4) is 5.75 Å². The van der Waals surface area contributed by atoms with E-state index < -0.39 is 0 Å². The van der Waals surface area contributed by atoms with Crippen molar-refractivity contribution in [2.75, 3.05) is 20.3 Å². The van der Waals surface area contributed by atoms with Crippen LogP contribution in [0.1, 0.15) is 37.4 Å². The van der Waals surface area contributed by atoms with E-state index in [1.54, 1.807) is 7.11 Å². The van der Waals surface area contributed by atoms with Crippen LogP contribution in [0.2, 0.25) is 0 Å². The van der Waals surface area contributed by atoms with Crippen LogP contribution in [0.4, 0.5) is 0 Å². The topological polar surface area (TPSA) is 30.5 Å². The maximum Gasteiger partial charge on any atom is 0.127 e. The van der Waals surface area contributed by atoms with Gasteiger partial charge in [0.15, 0.2) is 0 Å². The van der Waals surface area contributed by atoms with E-state index in [1.807, 2.05) is 0 Å². The molecule has 1 aromatic carbocycles. The van der Waals surface area contributed by atoms with Gasteiger partial charge in [0.2, 0.25) is 0 Å². The molecule has 0 spiro atoms. The number of ether oxygens (including phenoxy) is 2. The van der Waals surface area contributed by atoms with Crippen molar-refractivity contribution in [1.29, 1.82) is 0 Å².